The third kappa shape index (κ3) is 3.45. The summed E-state index contributed by atoms with van der Waals surface area (Å²) in [6.07, 6.45) is 0.795. The lowest BCUT2D eigenvalue weighted by Crippen LogP contribution is -2.07. The number of halogens is 1. The zero-order chi connectivity index (χ0) is 13.8. The Hall–Kier alpha value is -1.59. The predicted molar refractivity (Wildman–Crippen MR) is 79.4 cm³/mol. The number of thiophene rings is 1. The van der Waals surface area contributed by atoms with Crippen molar-refractivity contribution in [2.24, 2.45) is 0 Å². The summed E-state index contributed by atoms with van der Waals surface area (Å²) in [7, 11) is 0. The van der Waals surface area contributed by atoms with Gasteiger partial charge in [-0.25, -0.2) is 0 Å². The summed E-state index contributed by atoms with van der Waals surface area (Å²) < 4.78 is 0.761. The van der Waals surface area contributed by atoms with E-state index in [1.54, 1.807) is 6.07 Å². The minimum absolute atomic E-state index is 0.115. The fourth-order valence-electron chi connectivity index (χ4n) is 1.83. The summed E-state index contributed by atoms with van der Waals surface area (Å²) >= 11 is 7.39. The van der Waals surface area contributed by atoms with Crippen LogP contribution in [0.2, 0.25) is 4.34 Å². The second-order valence-corrected chi connectivity index (χ2v) is 5.91. The highest BCUT2D eigenvalue weighted by molar-refractivity contribution is 7.16. The largest absolute Gasteiger partial charge is 0.379 e. The molecular weight excluding hydrogens is 284 g/mol. The molecule has 4 nitrogen and oxygen atoms in total. The fourth-order valence-corrected chi connectivity index (χ4v) is 2.92. The number of nitrogens with zero attached hydrogens (tertiary/aromatic N) is 1. The van der Waals surface area contributed by atoms with E-state index in [1.807, 2.05) is 25.1 Å². The van der Waals surface area contributed by atoms with Crippen molar-refractivity contribution in [1.29, 1.82) is 0 Å². The van der Waals surface area contributed by atoms with E-state index in [-0.39, 0.29) is 10.6 Å². The van der Waals surface area contributed by atoms with Crippen molar-refractivity contribution in [2.45, 2.75) is 13.3 Å². The molecule has 2 aromatic rings. The number of hydrogen-bond acceptors (Lipinski definition) is 4. The summed E-state index contributed by atoms with van der Waals surface area (Å²) in [5.41, 5.74) is 1.58. The number of nitro benzene ring substituents is 1. The van der Waals surface area contributed by atoms with Crippen LogP contribution in [0.4, 0.5) is 11.4 Å². The molecule has 1 N–H and O–H groups in total. The second-order valence-electron chi connectivity index (χ2n) is 4.11. The SMILES string of the molecule is Cc1cccc([N+](=O)[O-])c1NCCc1ccc(Cl)s1. The Morgan fingerprint density at radius 2 is 2.16 bits per heavy atom. The lowest BCUT2D eigenvalue weighted by molar-refractivity contribution is -0.384. The first-order valence-corrected chi connectivity index (χ1v) is 6.99. The smallest absolute Gasteiger partial charge is 0.292 e. The molecule has 0 atom stereocenters. The standard InChI is InChI=1S/C13H13ClN2O2S/c1-9-3-2-4-11(16(17)18)13(9)15-8-7-10-5-6-12(14)19-10/h2-6,15H,7-8H2,1H3. The topological polar surface area (TPSA) is 55.2 Å². The molecule has 6 heteroatoms. The minimum atomic E-state index is -0.364. The van der Waals surface area contributed by atoms with E-state index in [1.165, 1.54) is 17.4 Å². The number of benzene rings is 1. The molecule has 0 aliphatic heterocycles. The van der Waals surface area contributed by atoms with Gasteiger partial charge < -0.3 is 5.32 Å². The van der Waals surface area contributed by atoms with Crippen LogP contribution in [0.3, 0.4) is 0 Å². The maximum Gasteiger partial charge on any atom is 0.292 e. The van der Waals surface area contributed by atoms with Crippen molar-refractivity contribution in [2.75, 3.05) is 11.9 Å². The predicted octanol–water partition coefficient (Wildman–Crippen LogP) is 4.27. The van der Waals surface area contributed by atoms with Gasteiger partial charge in [0.2, 0.25) is 0 Å². The van der Waals surface area contributed by atoms with Crippen molar-refractivity contribution >= 4 is 34.3 Å². The number of rotatable bonds is 5. The Balaban J connectivity index is 2.05. The van der Waals surface area contributed by atoms with Gasteiger partial charge in [0.15, 0.2) is 0 Å². The van der Waals surface area contributed by atoms with E-state index < -0.39 is 0 Å². The summed E-state index contributed by atoms with van der Waals surface area (Å²) in [5, 5.41) is 14.1. The van der Waals surface area contributed by atoms with E-state index in [9.17, 15) is 10.1 Å². The van der Waals surface area contributed by atoms with Crippen molar-refractivity contribution in [1.82, 2.24) is 0 Å². The van der Waals surface area contributed by atoms with Gasteiger partial charge in [-0.15, -0.1) is 11.3 Å². The van der Waals surface area contributed by atoms with Crippen LogP contribution in [-0.2, 0) is 6.42 Å². The summed E-state index contributed by atoms with van der Waals surface area (Å²) in [6, 6.07) is 8.89. The molecule has 1 aromatic heterocycles. The van der Waals surface area contributed by atoms with E-state index in [4.69, 9.17) is 11.6 Å². The van der Waals surface area contributed by atoms with E-state index >= 15 is 0 Å². The monoisotopic (exact) mass is 296 g/mol. The van der Waals surface area contributed by atoms with Crippen LogP contribution in [0.5, 0.6) is 0 Å². The highest BCUT2D eigenvalue weighted by atomic mass is 35.5. The van der Waals surface area contributed by atoms with Crippen molar-refractivity contribution < 1.29 is 4.92 Å². The van der Waals surface area contributed by atoms with Crippen molar-refractivity contribution in [3.63, 3.8) is 0 Å². The van der Waals surface area contributed by atoms with Gasteiger partial charge in [0.1, 0.15) is 5.69 Å². The van der Waals surface area contributed by atoms with Crippen LogP contribution in [0.1, 0.15) is 10.4 Å². The first kappa shape index (κ1) is 13.8. The molecule has 0 aliphatic carbocycles. The number of nitro groups is 1. The van der Waals surface area contributed by atoms with Crippen LogP contribution in [0.25, 0.3) is 0 Å². The zero-order valence-corrected chi connectivity index (χ0v) is 11.9. The van der Waals surface area contributed by atoms with Gasteiger partial charge >= 0.3 is 0 Å². The first-order valence-electron chi connectivity index (χ1n) is 5.80. The molecule has 1 aromatic carbocycles. The molecule has 0 saturated heterocycles. The summed E-state index contributed by atoms with van der Waals surface area (Å²) in [6.45, 7) is 2.50. The lowest BCUT2D eigenvalue weighted by atomic mass is 10.1. The van der Waals surface area contributed by atoms with Crippen LogP contribution in [0.15, 0.2) is 30.3 Å². The summed E-state index contributed by atoms with van der Waals surface area (Å²) in [5.74, 6) is 0. The number of hydrogen-bond donors (Lipinski definition) is 1. The third-order valence-electron chi connectivity index (χ3n) is 2.75. The second kappa shape index (κ2) is 6.04. The molecule has 19 heavy (non-hydrogen) atoms. The fraction of sp³-hybridized carbons (Fsp3) is 0.231. The summed E-state index contributed by atoms with van der Waals surface area (Å²) in [4.78, 5) is 11.8. The third-order valence-corrected chi connectivity index (χ3v) is 4.04. The van der Waals surface area contributed by atoms with Crippen LogP contribution >= 0.6 is 22.9 Å². The zero-order valence-electron chi connectivity index (χ0n) is 10.4. The Morgan fingerprint density at radius 3 is 2.79 bits per heavy atom. The highest BCUT2D eigenvalue weighted by Gasteiger charge is 2.14. The van der Waals surface area contributed by atoms with Gasteiger partial charge in [-0.2, -0.15) is 0 Å². The molecule has 0 bridgehead atoms. The van der Waals surface area contributed by atoms with Gasteiger partial charge in [-0.1, -0.05) is 23.7 Å². The van der Waals surface area contributed by atoms with Crippen molar-refractivity contribution in [3.05, 3.63) is 55.2 Å². The Kier molecular flexibility index (Phi) is 4.39. The average molecular weight is 297 g/mol. The van der Waals surface area contributed by atoms with Gasteiger partial charge in [0.05, 0.1) is 9.26 Å². The average Bonchev–Trinajstić information content (AvgIpc) is 2.77. The molecule has 0 saturated carbocycles. The van der Waals surface area contributed by atoms with E-state index in [2.05, 4.69) is 5.32 Å². The Labute approximate surface area is 120 Å². The van der Waals surface area contributed by atoms with E-state index in [0.717, 1.165) is 21.2 Å². The number of aryl methyl sites for hydroxylation is 1. The molecule has 0 radical (unpaired) electrons. The van der Waals surface area contributed by atoms with Crippen molar-refractivity contribution in [3.8, 4) is 0 Å². The molecule has 1 heterocycles. The molecule has 100 valence electrons. The molecule has 0 fully saturated rings. The number of para-hydroxylation sites is 1. The molecule has 2 rings (SSSR count). The molecule has 0 amide bonds. The lowest BCUT2D eigenvalue weighted by Gasteiger charge is -2.09. The normalized spacial score (nSPS) is 10.4. The quantitative estimate of drug-likeness (QED) is 0.662. The van der Waals surface area contributed by atoms with Gasteiger partial charge in [0, 0.05) is 17.5 Å². The molecule has 0 aliphatic rings. The Bertz CT molecular complexity index is 598. The minimum Gasteiger partial charge on any atom is -0.379 e. The highest BCUT2D eigenvalue weighted by Crippen LogP contribution is 2.28. The van der Waals surface area contributed by atoms with E-state index in [0.29, 0.717) is 12.2 Å². The molecule has 0 spiro atoms. The van der Waals surface area contributed by atoms with Crippen LogP contribution in [0, 0.1) is 17.0 Å². The number of nitrogens with one attached hydrogen (secondary N) is 1. The molecular formula is C13H13ClN2O2S. The Morgan fingerprint density at radius 1 is 1.37 bits per heavy atom. The maximum absolute atomic E-state index is 11.0. The molecule has 0 unspecified atom stereocenters. The van der Waals surface area contributed by atoms with Crippen LogP contribution < -0.4 is 5.32 Å². The first-order chi connectivity index (χ1) is 9.08. The number of anilines is 1. The maximum atomic E-state index is 11.0. The van der Waals surface area contributed by atoms with Gasteiger partial charge in [-0.05, 0) is 31.0 Å². The van der Waals surface area contributed by atoms with Gasteiger partial charge in [-0.3, -0.25) is 10.1 Å². The van der Waals surface area contributed by atoms with Crippen LogP contribution in [-0.4, -0.2) is 11.5 Å². The van der Waals surface area contributed by atoms with Gasteiger partial charge in [0.25, 0.3) is 5.69 Å².